The van der Waals surface area contributed by atoms with Gasteiger partial charge in [0, 0.05) is 23.5 Å². The summed E-state index contributed by atoms with van der Waals surface area (Å²) in [6.45, 7) is 4.08. The molecule has 218 valence electrons. The molecular weight excluding hydrogens is 558 g/mol. The van der Waals surface area contributed by atoms with Crippen LogP contribution in [-0.4, -0.2) is 33.0 Å². The number of carbonyl (C=O) groups excluding carboxylic acids is 2. The van der Waals surface area contributed by atoms with Gasteiger partial charge in [0.25, 0.3) is 0 Å². The molecule has 1 N–H and O–H groups in total. The van der Waals surface area contributed by atoms with Crippen molar-refractivity contribution in [2.24, 2.45) is 0 Å². The van der Waals surface area contributed by atoms with Gasteiger partial charge in [0.1, 0.15) is 6.42 Å². The number of fused-ring (bicyclic) bond motifs is 3. The molecule has 1 unspecified atom stereocenters. The van der Waals surface area contributed by atoms with E-state index in [-0.39, 0.29) is 24.0 Å². The highest BCUT2D eigenvalue weighted by molar-refractivity contribution is 7.92. The van der Waals surface area contributed by atoms with Gasteiger partial charge in [-0.05, 0) is 72.7 Å². The molecule has 1 aliphatic heterocycles. The molecule has 2 amide bonds. The standard InChI is InChI=1S/C35H33N3O4S/c1-24-10-9-13-30(25(24)2)35(20-7-4-8-21-35)23-43(41,42)37(3)27-15-17-28(18-16-27)38-33(40)22-32(39)36-31-19-14-26-11-5-6-12-29(26)34(31)38/h4-20H,21-23H2,1-3H3,(H,36,39). The van der Waals surface area contributed by atoms with E-state index >= 15 is 0 Å². The normalized spacial score (nSPS) is 18.3. The summed E-state index contributed by atoms with van der Waals surface area (Å²) in [5.74, 6) is -0.842. The predicted molar refractivity (Wildman–Crippen MR) is 173 cm³/mol. The van der Waals surface area contributed by atoms with Crippen molar-refractivity contribution in [2.45, 2.75) is 32.1 Å². The number of hydrogen-bond donors (Lipinski definition) is 1. The van der Waals surface area contributed by atoms with Gasteiger partial charge in [0.05, 0.1) is 22.8 Å². The number of sulfonamides is 1. The Bertz CT molecular complexity index is 1930. The molecule has 4 aromatic carbocycles. The van der Waals surface area contributed by atoms with Crippen molar-refractivity contribution in [3.63, 3.8) is 0 Å². The van der Waals surface area contributed by atoms with Crippen LogP contribution in [0, 0.1) is 13.8 Å². The Morgan fingerprint density at radius 1 is 0.907 bits per heavy atom. The van der Waals surface area contributed by atoms with Crippen molar-refractivity contribution in [3.8, 4) is 0 Å². The number of carbonyl (C=O) groups is 2. The molecule has 0 saturated carbocycles. The SMILES string of the molecule is Cc1cccc(C2(CS(=O)(=O)N(C)c3ccc(N4C(=O)CC(=O)Nc5ccc6ccccc6c54)cc3)C=CC=CC2)c1C. The first-order valence-corrected chi connectivity index (χ1v) is 15.8. The fraction of sp³-hybridized carbons (Fsp3) is 0.200. The number of aryl methyl sites for hydroxylation is 1. The quantitative estimate of drug-likeness (QED) is 0.253. The van der Waals surface area contributed by atoms with E-state index in [2.05, 4.69) is 5.32 Å². The Morgan fingerprint density at radius 2 is 1.67 bits per heavy atom. The number of allylic oxidation sites excluding steroid dienone is 4. The molecule has 43 heavy (non-hydrogen) atoms. The van der Waals surface area contributed by atoms with Gasteiger partial charge in [0.15, 0.2) is 0 Å². The van der Waals surface area contributed by atoms with Crippen LogP contribution in [0.3, 0.4) is 0 Å². The number of nitrogens with zero attached hydrogens (tertiary/aromatic N) is 2. The third-order valence-corrected chi connectivity index (χ3v) is 10.5. The second-order valence-corrected chi connectivity index (χ2v) is 13.3. The molecule has 0 aromatic heterocycles. The van der Waals surface area contributed by atoms with E-state index in [1.807, 2.05) is 86.7 Å². The summed E-state index contributed by atoms with van der Waals surface area (Å²) < 4.78 is 29.2. The van der Waals surface area contributed by atoms with Crippen LogP contribution in [0.5, 0.6) is 0 Å². The van der Waals surface area contributed by atoms with Gasteiger partial charge in [-0.15, -0.1) is 0 Å². The maximum atomic E-state index is 14.0. The minimum atomic E-state index is -3.78. The minimum absolute atomic E-state index is 0.0961. The molecule has 8 heteroatoms. The summed E-state index contributed by atoms with van der Waals surface area (Å²) in [5, 5.41) is 4.62. The maximum absolute atomic E-state index is 14.0. The van der Waals surface area contributed by atoms with Crippen molar-refractivity contribution < 1.29 is 18.0 Å². The Kier molecular flexibility index (Phi) is 7.18. The number of amides is 2. The molecule has 2 aliphatic rings. The van der Waals surface area contributed by atoms with Crippen molar-refractivity contribution in [1.82, 2.24) is 0 Å². The van der Waals surface area contributed by atoms with E-state index in [0.29, 0.717) is 29.2 Å². The molecule has 7 nitrogen and oxygen atoms in total. The first kappa shape index (κ1) is 28.4. The fourth-order valence-corrected chi connectivity index (χ4v) is 7.80. The largest absolute Gasteiger partial charge is 0.324 e. The summed E-state index contributed by atoms with van der Waals surface area (Å²) >= 11 is 0. The average Bonchev–Trinajstić information content (AvgIpc) is 3.12. The molecule has 0 saturated heterocycles. The number of anilines is 4. The zero-order valence-corrected chi connectivity index (χ0v) is 25.2. The van der Waals surface area contributed by atoms with Crippen LogP contribution in [0.15, 0.2) is 103 Å². The monoisotopic (exact) mass is 591 g/mol. The molecule has 1 heterocycles. The molecule has 4 aromatic rings. The summed E-state index contributed by atoms with van der Waals surface area (Å²) in [6.07, 6.45) is 8.18. The smallest absolute Gasteiger partial charge is 0.241 e. The van der Waals surface area contributed by atoms with E-state index in [0.717, 1.165) is 27.5 Å². The molecule has 0 bridgehead atoms. The third-order valence-electron chi connectivity index (χ3n) is 8.57. The molecule has 6 rings (SSSR count). The van der Waals surface area contributed by atoms with Crippen LogP contribution in [-0.2, 0) is 25.0 Å². The van der Waals surface area contributed by atoms with Gasteiger partial charge < -0.3 is 5.32 Å². The fourth-order valence-electron chi connectivity index (χ4n) is 6.14. The highest BCUT2D eigenvalue weighted by Crippen LogP contribution is 2.42. The topological polar surface area (TPSA) is 86.8 Å². The highest BCUT2D eigenvalue weighted by atomic mass is 32.2. The zero-order chi connectivity index (χ0) is 30.4. The number of hydrogen-bond acceptors (Lipinski definition) is 4. The minimum Gasteiger partial charge on any atom is -0.324 e. The van der Waals surface area contributed by atoms with E-state index < -0.39 is 15.4 Å². The van der Waals surface area contributed by atoms with Crippen molar-refractivity contribution in [3.05, 3.63) is 120 Å². The van der Waals surface area contributed by atoms with E-state index in [1.165, 1.54) is 4.31 Å². The number of rotatable bonds is 6. The average molecular weight is 592 g/mol. The van der Waals surface area contributed by atoms with E-state index in [9.17, 15) is 18.0 Å². The Morgan fingerprint density at radius 3 is 2.42 bits per heavy atom. The third kappa shape index (κ3) is 5.12. The first-order valence-electron chi connectivity index (χ1n) is 14.2. The second kappa shape index (κ2) is 10.9. The summed E-state index contributed by atoms with van der Waals surface area (Å²) in [7, 11) is -2.21. The lowest BCUT2D eigenvalue weighted by molar-refractivity contribution is -0.124. The lowest BCUT2D eigenvalue weighted by Gasteiger charge is -2.35. The first-order chi connectivity index (χ1) is 20.6. The maximum Gasteiger partial charge on any atom is 0.241 e. The van der Waals surface area contributed by atoms with Crippen LogP contribution in [0.2, 0.25) is 0 Å². The number of benzene rings is 4. The Labute approximate surface area is 252 Å². The van der Waals surface area contributed by atoms with Crippen LogP contribution in [0.4, 0.5) is 22.7 Å². The van der Waals surface area contributed by atoms with Gasteiger partial charge in [-0.1, -0.05) is 72.8 Å². The van der Waals surface area contributed by atoms with E-state index in [1.54, 1.807) is 42.3 Å². The van der Waals surface area contributed by atoms with Crippen LogP contribution < -0.4 is 14.5 Å². The number of nitrogens with one attached hydrogen (secondary N) is 1. The van der Waals surface area contributed by atoms with Crippen molar-refractivity contribution in [1.29, 1.82) is 0 Å². The zero-order valence-electron chi connectivity index (χ0n) is 24.4. The van der Waals surface area contributed by atoms with Crippen LogP contribution >= 0.6 is 0 Å². The van der Waals surface area contributed by atoms with Gasteiger partial charge in [0.2, 0.25) is 21.8 Å². The van der Waals surface area contributed by atoms with Gasteiger partial charge in [-0.2, -0.15) is 0 Å². The Hall–Kier alpha value is -4.69. The lowest BCUT2D eigenvalue weighted by atomic mass is 9.74. The second-order valence-electron chi connectivity index (χ2n) is 11.3. The summed E-state index contributed by atoms with van der Waals surface area (Å²) in [5.41, 5.74) is 4.68. The van der Waals surface area contributed by atoms with E-state index in [4.69, 9.17) is 0 Å². The van der Waals surface area contributed by atoms with Crippen molar-refractivity contribution >= 4 is 55.4 Å². The van der Waals surface area contributed by atoms with Gasteiger partial charge in [-0.3, -0.25) is 18.8 Å². The summed E-state index contributed by atoms with van der Waals surface area (Å²) in [6, 6.07) is 24.3. The molecule has 0 radical (unpaired) electrons. The van der Waals surface area contributed by atoms with Crippen LogP contribution in [0.25, 0.3) is 10.8 Å². The van der Waals surface area contributed by atoms with Crippen molar-refractivity contribution in [2.75, 3.05) is 27.3 Å². The van der Waals surface area contributed by atoms with Gasteiger partial charge >= 0.3 is 0 Å². The molecule has 1 aliphatic carbocycles. The summed E-state index contributed by atoms with van der Waals surface area (Å²) in [4.78, 5) is 27.5. The molecule has 0 fully saturated rings. The van der Waals surface area contributed by atoms with Gasteiger partial charge in [-0.25, -0.2) is 8.42 Å². The highest BCUT2D eigenvalue weighted by Gasteiger charge is 2.38. The molecule has 1 atom stereocenters. The lowest BCUT2D eigenvalue weighted by Crippen LogP contribution is -2.40. The molecule has 0 spiro atoms. The predicted octanol–water partition coefficient (Wildman–Crippen LogP) is 6.68. The molecular formula is C35H33N3O4S. The Balaban J connectivity index is 1.35. The van der Waals surface area contributed by atoms with Crippen LogP contribution in [0.1, 0.15) is 29.5 Å².